The fourth-order valence-corrected chi connectivity index (χ4v) is 3.37. The summed E-state index contributed by atoms with van der Waals surface area (Å²) in [6.07, 6.45) is 0.0187. The number of thioether (sulfide) groups is 1. The molecule has 1 aliphatic heterocycles. The molecule has 2 rings (SSSR count). The lowest BCUT2D eigenvalue weighted by Gasteiger charge is -2.16. The number of aliphatic carboxylic acids is 1. The van der Waals surface area contributed by atoms with Crippen molar-refractivity contribution in [1.29, 1.82) is 0 Å². The monoisotopic (exact) mass is 336 g/mol. The second kappa shape index (κ2) is 7.28. The van der Waals surface area contributed by atoms with E-state index in [4.69, 9.17) is 5.11 Å². The molecule has 2 N–H and O–H groups in total. The number of para-hydroxylation sites is 1. The minimum absolute atomic E-state index is 0.0151. The number of hydrogen-bond donors (Lipinski definition) is 2. The van der Waals surface area contributed by atoms with Crippen molar-refractivity contribution in [2.24, 2.45) is 0 Å². The van der Waals surface area contributed by atoms with E-state index in [2.05, 4.69) is 5.32 Å². The van der Waals surface area contributed by atoms with Crippen LogP contribution in [0.5, 0.6) is 0 Å². The summed E-state index contributed by atoms with van der Waals surface area (Å²) in [4.78, 5) is 47.6. The summed E-state index contributed by atoms with van der Waals surface area (Å²) < 4.78 is 0. The molecule has 0 aliphatic carbocycles. The maximum absolute atomic E-state index is 12.4. The van der Waals surface area contributed by atoms with Crippen LogP contribution < -0.4 is 10.2 Å². The lowest BCUT2D eigenvalue weighted by atomic mass is 10.3. The average molecular weight is 336 g/mol. The van der Waals surface area contributed by atoms with Crippen molar-refractivity contribution in [3.05, 3.63) is 30.3 Å². The van der Waals surface area contributed by atoms with E-state index in [-0.39, 0.29) is 24.0 Å². The Hall–Kier alpha value is -2.35. The van der Waals surface area contributed by atoms with E-state index >= 15 is 0 Å². The van der Waals surface area contributed by atoms with Crippen LogP contribution in [0.2, 0.25) is 0 Å². The molecule has 0 radical (unpaired) electrons. The Bertz CT molecular complexity index is 634. The van der Waals surface area contributed by atoms with Crippen LogP contribution in [0.4, 0.5) is 5.69 Å². The van der Waals surface area contributed by atoms with Gasteiger partial charge in [-0.3, -0.25) is 14.4 Å². The topological polar surface area (TPSA) is 104 Å². The van der Waals surface area contributed by atoms with Crippen molar-refractivity contribution in [2.45, 2.75) is 24.6 Å². The van der Waals surface area contributed by atoms with E-state index in [1.807, 2.05) is 0 Å². The van der Waals surface area contributed by atoms with Gasteiger partial charge in [-0.2, -0.15) is 0 Å². The quantitative estimate of drug-likeness (QED) is 0.739. The molecule has 1 saturated heterocycles. The summed E-state index contributed by atoms with van der Waals surface area (Å²) in [6.45, 7) is 1.22. The number of amides is 3. The highest BCUT2D eigenvalue weighted by molar-refractivity contribution is 8.00. The van der Waals surface area contributed by atoms with Gasteiger partial charge in [0.05, 0.1) is 10.9 Å². The molecule has 0 spiro atoms. The van der Waals surface area contributed by atoms with Crippen molar-refractivity contribution < 1.29 is 24.3 Å². The lowest BCUT2D eigenvalue weighted by molar-refractivity contribution is -0.140. The van der Waals surface area contributed by atoms with E-state index in [1.54, 1.807) is 30.3 Å². The first-order chi connectivity index (χ1) is 10.9. The largest absolute Gasteiger partial charge is 0.480 e. The zero-order valence-electron chi connectivity index (χ0n) is 12.4. The fraction of sp³-hybridized carbons (Fsp3) is 0.333. The van der Waals surface area contributed by atoms with Gasteiger partial charge >= 0.3 is 5.97 Å². The molecule has 23 heavy (non-hydrogen) atoms. The normalized spacial score (nSPS) is 18.8. The number of carbonyl (C=O) groups is 4. The van der Waals surface area contributed by atoms with Crippen LogP contribution in [-0.4, -0.2) is 45.8 Å². The Labute approximate surface area is 137 Å². The van der Waals surface area contributed by atoms with Gasteiger partial charge in [-0.15, -0.1) is 11.8 Å². The zero-order valence-corrected chi connectivity index (χ0v) is 13.2. The summed E-state index contributed by atoms with van der Waals surface area (Å²) in [5.74, 6) is -2.30. The van der Waals surface area contributed by atoms with E-state index in [9.17, 15) is 19.2 Å². The first-order valence-electron chi connectivity index (χ1n) is 6.93. The van der Waals surface area contributed by atoms with Crippen LogP contribution in [0.3, 0.4) is 0 Å². The first-order valence-corrected chi connectivity index (χ1v) is 7.98. The highest BCUT2D eigenvalue weighted by Gasteiger charge is 2.40. The molecule has 1 aliphatic rings. The van der Waals surface area contributed by atoms with Gasteiger partial charge < -0.3 is 10.4 Å². The van der Waals surface area contributed by atoms with Crippen LogP contribution >= 0.6 is 11.8 Å². The van der Waals surface area contributed by atoms with Gasteiger partial charge in [0.25, 0.3) is 0 Å². The van der Waals surface area contributed by atoms with Crippen molar-refractivity contribution in [2.75, 3.05) is 10.7 Å². The van der Waals surface area contributed by atoms with Gasteiger partial charge in [0, 0.05) is 19.1 Å². The number of carboxylic acid groups (broad SMARTS) is 1. The number of nitrogens with zero attached hydrogens (tertiary/aromatic N) is 1. The molecule has 122 valence electrons. The number of imide groups is 1. The fourth-order valence-electron chi connectivity index (χ4n) is 2.22. The Morgan fingerprint density at radius 3 is 2.57 bits per heavy atom. The van der Waals surface area contributed by atoms with Crippen LogP contribution in [0.1, 0.15) is 13.3 Å². The minimum Gasteiger partial charge on any atom is -0.480 e. The molecule has 1 heterocycles. The van der Waals surface area contributed by atoms with Crippen molar-refractivity contribution in [3.63, 3.8) is 0 Å². The molecular formula is C15H16N2O5S. The maximum atomic E-state index is 12.4. The van der Waals surface area contributed by atoms with Crippen molar-refractivity contribution in [1.82, 2.24) is 5.32 Å². The summed E-state index contributed by atoms with van der Waals surface area (Å²) in [6, 6.07) is 7.49. The second-order valence-corrected chi connectivity index (χ2v) is 6.26. The van der Waals surface area contributed by atoms with Crippen molar-refractivity contribution in [3.8, 4) is 0 Å². The molecule has 0 bridgehead atoms. The third-order valence-electron chi connectivity index (χ3n) is 3.26. The van der Waals surface area contributed by atoms with Crippen LogP contribution in [-0.2, 0) is 19.2 Å². The Morgan fingerprint density at radius 2 is 2.00 bits per heavy atom. The molecule has 7 nitrogen and oxygen atoms in total. The minimum atomic E-state index is -1.18. The van der Waals surface area contributed by atoms with Gasteiger partial charge in [0.1, 0.15) is 6.04 Å². The molecule has 1 aromatic rings. The molecule has 1 fully saturated rings. The SMILES string of the molecule is CC(=O)N[C@@H](CS[C@@H]1CC(=O)N(c2ccccc2)C1=O)C(=O)O. The lowest BCUT2D eigenvalue weighted by Crippen LogP contribution is -2.42. The number of nitrogens with one attached hydrogen (secondary N) is 1. The summed E-state index contributed by atoms with van der Waals surface area (Å²) in [5.41, 5.74) is 0.502. The number of carbonyl (C=O) groups excluding carboxylic acids is 3. The molecule has 8 heteroatoms. The van der Waals surface area contributed by atoms with Crippen LogP contribution in [0.15, 0.2) is 30.3 Å². The maximum Gasteiger partial charge on any atom is 0.327 e. The van der Waals surface area contributed by atoms with Crippen LogP contribution in [0, 0.1) is 0 Å². The number of benzene rings is 1. The number of rotatable bonds is 6. The average Bonchev–Trinajstić information content (AvgIpc) is 2.78. The third kappa shape index (κ3) is 4.10. The molecule has 1 aromatic carbocycles. The predicted octanol–water partition coefficient (Wildman–Crippen LogP) is 0.641. The predicted molar refractivity (Wildman–Crippen MR) is 85.0 cm³/mol. The molecule has 2 atom stereocenters. The summed E-state index contributed by atoms with van der Waals surface area (Å²) in [5, 5.41) is 10.7. The third-order valence-corrected chi connectivity index (χ3v) is 4.56. The van der Waals surface area contributed by atoms with Gasteiger partial charge in [0.2, 0.25) is 17.7 Å². The zero-order chi connectivity index (χ0) is 17.0. The summed E-state index contributed by atoms with van der Waals surface area (Å²) >= 11 is 1.07. The Morgan fingerprint density at radius 1 is 1.35 bits per heavy atom. The van der Waals surface area contributed by atoms with Crippen LogP contribution in [0.25, 0.3) is 0 Å². The molecule has 3 amide bonds. The number of carboxylic acids is 1. The molecule has 0 unspecified atom stereocenters. The van der Waals surface area contributed by atoms with Gasteiger partial charge in [-0.25, -0.2) is 9.69 Å². The Balaban J connectivity index is 2.02. The second-order valence-electron chi connectivity index (χ2n) is 5.02. The smallest absolute Gasteiger partial charge is 0.327 e. The van der Waals surface area contributed by atoms with E-state index in [1.165, 1.54) is 6.92 Å². The molecule has 0 aromatic heterocycles. The summed E-state index contributed by atoms with van der Waals surface area (Å²) in [7, 11) is 0. The highest BCUT2D eigenvalue weighted by Crippen LogP contribution is 2.29. The number of anilines is 1. The van der Waals surface area contributed by atoms with Crippen molar-refractivity contribution >= 4 is 41.1 Å². The standard InChI is InChI=1S/C15H16N2O5S/c1-9(18)16-11(15(21)22)8-23-12-7-13(19)17(14(12)20)10-5-3-2-4-6-10/h2-6,11-12H,7-8H2,1H3,(H,16,18)(H,21,22)/t11-,12+/m0/s1. The first kappa shape index (κ1) is 17.0. The van der Waals surface area contributed by atoms with Gasteiger partial charge in [-0.1, -0.05) is 18.2 Å². The Kier molecular flexibility index (Phi) is 5.38. The highest BCUT2D eigenvalue weighted by atomic mass is 32.2. The van der Waals surface area contributed by atoms with Gasteiger partial charge in [0.15, 0.2) is 0 Å². The molecular weight excluding hydrogens is 320 g/mol. The van der Waals surface area contributed by atoms with E-state index in [0.717, 1.165) is 16.7 Å². The van der Waals surface area contributed by atoms with E-state index in [0.29, 0.717) is 5.69 Å². The molecule has 0 saturated carbocycles. The van der Waals surface area contributed by atoms with E-state index < -0.39 is 23.2 Å². The number of hydrogen-bond acceptors (Lipinski definition) is 5. The van der Waals surface area contributed by atoms with Gasteiger partial charge in [-0.05, 0) is 12.1 Å².